The summed E-state index contributed by atoms with van der Waals surface area (Å²) in [5.41, 5.74) is 0.878. The molecule has 1 atom stereocenters. The minimum absolute atomic E-state index is 0.0785. The maximum Gasteiger partial charge on any atom is 0.261 e. The fraction of sp³-hybridized carbons (Fsp3) is 0.214. The Morgan fingerprint density at radius 3 is 2.67 bits per heavy atom. The van der Waals surface area contributed by atoms with Crippen LogP contribution >= 0.6 is 11.3 Å². The second-order valence-electron chi connectivity index (χ2n) is 3.95. The molecule has 18 heavy (non-hydrogen) atoms. The van der Waals surface area contributed by atoms with Gasteiger partial charge in [-0.05, 0) is 23.4 Å². The molecule has 3 nitrogen and oxygen atoms in total. The molecule has 0 bridgehead atoms. The van der Waals surface area contributed by atoms with Gasteiger partial charge in [-0.1, -0.05) is 36.4 Å². The largest absolute Gasteiger partial charge is 0.388 e. The minimum atomic E-state index is -0.533. The van der Waals surface area contributed by atoms with Gasteiger partial charge in [0.25, 0.3) is 5.91 Å². The predicted molar refractivity (Wildman–Crippen MR) is 72.7 cm³/mol. The standard InChI is InChI=1S/C14H15NO2S/c16-12(11-5-2-1-3-6-11)8-9-15-14(17)13-7-4-10-18-13/h1-7,10,12,16H,8-9H2,(H,15,17)/t12-/m1/s1. The Morgan fingerprint density at radius 2 is 2.00 bits per heavy atom. The monoisotopic (exact) mass is 261 g/mol. The Hall–Kier alpha value is -1.65. The van der Waals surface area contributed by atoms with Gasteiger partial charge in [0.1, 0.15) is 0 Å². The molecule has 1 aromatic carbocycles. The Bertz CT molecular complexity index is 482. The summed E-state index contributed by atoms with van der Waals surface area (Å²) in [7, 11) is 0. The zero-order chi connectivity index (χ0) is 12.8. The van der Waals surface area contributed by atoms with Crippen molar-refractivity contribution in [2.75, 3.05) is 6.54 Å². The number of rotatable bonds is 5. The van der Waals surface area contributed by atoms with Crippen LogP contribution in [-0.2, 0) is 0 Å². The van der Waals surface area contributed by atoms with Crippen molar-refractivity contribution in [3.63, 3.8) is 0 Å². The molecule has 1 amide bonds. The number of aliphatic hydroxyl groups excluding tert-OH is 1. The van der Waals surface area contributed by atoms with E-state index in [1.807, 2.05) is 41.8 Å². The third-order valence-electron chi connectivity index (χ3n) is 2.63. The number of nitrogens with one attached hydrogen (secondary N) is 1. The maximum atomic E-state index is 11.6. The van der Waals surface area contributed by atoms with E-state index in [0.29, 0.717) is 17.8 Å². The van der Waals surface area contributed by atoms with Gasteiger partial charge in [0.05, 0.1) is 11.0 Å². The zero-order valence-corrected chi connectivity index (χ0v) is 10.7. The van der Waals surface area contributed by atoms with E-state index >= 15 is 0 Å². The third-order valence-corrected chi connectivity index (χ3v) is 3.50. The Morgan fingerprint density at radius 1 is 1.22 bits per heavy atom. The van der Waals surface area contributed by atoms with Crippen LogP contribution in [0, 0.1) is 0 Å². The minimum Gasteiger partial charge on any atom is -0.388 e. The molecule has 2 aromatic rings. The predicted octanol–water partition coefficient (Wildman–Crippen LogP) is 2.60. The first kappa shape index (κ1) is 12.8. The second kappa shape index (κ2) is 6.33. The van der Waals surface area contributed by atoms with Crippen molar-refractivity contribution in [2.45, 2.75) is 12.5 Å². The van der Waals surface area contributed by atoms with Gasteiger partial charge >= 0.3 is 0 Å². The van der Waals surface area contributed by atoms with Crippen LogP contribution in [-0.4, -0.2) is 17.6 Å². The number of carbonyl (C=O) groups is 1. The van der Waals surface area contributed by atoms with E-state index in [0.717, 1.165) is 5.56 Å². The molecular formula is C14H15NO2S. The van der Waals surface area contributed by atoms with Gasteiger partial charge in [0, 0.05) is 6.54 Å². The van der Waals surface area contributed by atoms with Crippen molar-refractivity contribution in [1.29, 1.82) is 0 Å². The van der Waals surface area contributed by atoms with Crippen LogP contribution in [0.1, 0.15) is 27.8 Å². The number of hydrogen-bond acceptors (Lipinski definition) is 3. The highest BCUT2D eigenvalue weighted by molar-refractivity contribution is 7.12. The molecule has 0 aliphatic carbocycles. The average Bonchev–Trinajstić information content (AvgIpc) is 2.93. The van der Waals surface area contributed by atoms with Crippen LogP contribution in [0.4, 0.5) is 0 Å². The first-order chi connectivity index (χ1) is 8.77. The molecule has 1 heterocycles. The summed E-state index contributed by atoms with van der Waals surface area (Å²) in [6, 6.07) is 13.1. The molecule has 0 unspecified atom stereocenters. The van der Waals surface area contributed by atoms with E-state index in [1.54, 1.807) is 6.07 Å². The molecule has 0 saturated heterocycles. The molecule has 1 aromatic heterocycles. The van der Waals surface area contributed by atoms with Gasteiger partial charge in [0.15, 0.2) is 0 Å². The smallest absolute Gasteiger partial charge is 0.261 e. The lowest BCUT2D eigenvalue weighted by atomic mass is 10.1. The van der Waals surface area contributed by atoms with Crippen LogP contribution < -0.4 is 5.32 Å². The number of amides is 1. The van der Waals surface area contributed by atoms with Crippen LogP contribution in [0.2, 0.25) is 0 Å². The van der Waals surface area contributed by atoms with Gasteiger partial charge in [0.2, 0.25) is 0 Å². The molecule has 0 aliphatic rings. The summed E-state index contributed by atoms with van der Waals surface area (Å²) in [5, 5.41) is 14.6. The van der Waals surface area contributed by atoms with E-state index in [4.69, 9.17) is 0 Å². The number of aliphatic hydroxyl groups is 1. The van der Waals surface area contributed by atoms with E-state index in [2.05, 4.69) is 5.32 Å². The normalized spacial score (nSPS) is 12.1. The third kappa shape index (κ3) is 3.42. The maximum absolute atomic E-state index is 11.6. The topological polar surface area (TPSA) is 49.3 Å². The van der Waals surface area contributed by atoms with Gasteiger partial charge in [-0.15, -0.1) is 11.3 Å². The van der Waals surface area contributed by atoms with Crippen LogP contribution in [0.5, 0.6) is 0 Å². The van der Waals surface area contributed by atoms with E-state index < -0.39 is 6.10 Å². The summed E-state index contributed by atoms with van der Waals surface area (Å²) in [6.07, 6.45) is -0.0176. The molecule has 0 saturated carbocycles. The van der Waals surface area contributed by atoms with Gasteiger partial charge in [-0.2, -0.15) is 0 Å². The Labute approximate surface area is 110 Å². The molecule has 0 radical (unpaired) electrons. The highest BCUT2D eigenvalue weighted by atomic mass is 32.1. The lowest BCUT2D eigenvalue weighted by molar-refractivity contribution is 0.0946. The molecule has 0 spiro atoms. The fourth-order valence-electron chi connectivity index (χ4n) is 1.66. The average molecular weight is 261 g/mol. The first-order valence-corrected chi connectivity index (χ1v) is 6.70. The second-order valence-corrected chi connectivity index (χ2v) is 4.90. The Balaban J connectivity index is 1.77. The number of hydrogen-bond donors (Lipinski definition) is 2. The van der Waals surface area contributed by atoms with Crippen molar-refractivity contribution >= 4 is 17.2 Å². The highest BCUT2D eigenvalue weighted by Crippen LogP contribution is 2.15. The van der Waals surface area contributed by atoms with Crippen LogP contribution in [0.15, 0.2) is 47.8 Å². The van der Waals surface area contributed by atoms with E-state index in [1.165, 1.54) is 11.3 Å². The zero-order valence-electron chi connectivity index (χ0n) is 9.87. The van der Waals surface area contributed by atoms with Crippen molar-refractivity contribution in [3.8, 4) is 0 Å². The van der Waals surface area contributed by atoms with Crippen molar-refractivity contribution in [1.82, 2.24) is 5.32 Å². The summed E-state index contributed by atoms with van der Waals surface area (Å²) in [6.45, 7) is 0.465. The molecule has 94 valence electrons. The lowest BCUT2D eigenvalue weighted by Crippen LogP contribution is -2.24. The first-order valence-electron chi connectivity index (χ1n) is 5.82. The van der Waals surface area contributed by atoms with Gasteiger partial charge in [-0.3, -0.25) is 4.79 Å². The fourth-order valence-corrected chi connectivity index (χ4v) is 2.30. The molecule has 2 N–H and O–H groups in total. The molecular weight excluding hydrogens is 246 g/mol. The SMILES string of the molecule is O=C(NCC[C@@H](O)c1ccccc1)c1cccs1. The van der Waals surface area contributed by atoms with Crippen LogP contribution in [0.25, 0.3) is 0 Å². The van der Waals surface area contributed by atoms with Crippen molar-refractivity contribution in [2.24, 2.45) is 0 Å². The number of benzene rings is 1. The van der Waals surface area contributed by atoms with Crippen LogP contribution in [0.3, 0.4) is 0 Å². The summed E-state index contributed by atoms with van der Waals surface area (Å²) in [5.74, 6) is -0.0785. The lowest BCUT2D eigenvalue weighted by Gasteiger charge is -2.11. The molecule has 0 fully saturated rings. The summed E-state index contributed by atoms with van der Waals surface area (Å²) in [4.78, 5) is 12.3. The Kier molecular flexibility index (Phi) is 4.50. The number of thiophene rings is 1. The van der Waals surface area contributed by atoms with E-state index in [9.17, 15) is 9.90 Å². The number of carbonyl (C=O) groups excluding carboxylic acids is 1. The van der Waals surface area contributed by atoms with Gasteiger partial charge in [-0.25, -0.2) is 0 Å². The molecule has 4 heteroatoms. The van der Waals surface area contributed by atoms with Gasteiger partial charge < -0.3 is 10.4 Å². The van der Waals surface area contributed by atoms with Crippen molar-refractivity contribution in [3.05, 3.63) is 58.3 Å². The summed E-state index contributed by atoms with van der Waals surface area (Å²) < 4.78 is 0. The van der Waals surface area contributed by atoms with Crippen molar-refractivity contribution < 1.29 is 9.90 Å². The summed E-state index contributed by atoms with van der Waals surface area (Å²) >= 11 is 1.41. The quantitative estimate of drug-likeness (QED) is 0.869. The highest BCUT2D eigenvalue weighted by Gasteiger charge is 2.09. The van der Waals surface area contributed by atoms with E-state index in [-0.39, 0.29) is 5.91 Å². The molecule has 2 rings (SSSR count). The molecule has 0 aliphatic heterocycles.